The average molecular weight is 183 g/mol. The Morgan fingerprint density at radius 2 is 1.93 bits per heavy atom. The van der Waals surface area contributed by atoms with Crippen molar-refractivity contribution in [2.75, 3.05) is 0 Å². The van der Waals surface area contributed by atoms with E-state index in [2.05, 4.69) is 35.5 Å². The van der Waals surface area contributed by atoms with Crippen molar-refractivity contribution in [1.29, 1.82) is 0 Å². The number of nitrogens with zero attached hydrogens (tertiary/aromatic N) is 1. The molecule has 0 aliphatic heterocycles. The molecule has 14 heavy (non-hydrogen) atoms. The van der Waals surface area contributed by atoms with Gasteiger partial charge in [0.2, 0.25) is 0 Å². The first-order valence-corrected chi connectivity index (χ1v) is 4.58. The molecule has 68 valence electrons. The molecule has 0 atom stereocenters. The van der Waals surface area contributed by atoms with E-state index < -0.39 is 0 Å². The molecule has 1 aromatic heterocycles. The molecule has 2 nitrogen and oxygen atoms in total. The fourth-order valence-electron chi connectivity index (χ4n) is 1.83. The van der Waals surface area contributed by atoms with Crippen molar-refractivity contribution < 1.29 is 4.52 Å². The van der Waals surface area contributed by atoms with Gasteiger partial charge < -0.3 is 4.52 Å². The lowest BCUT2D eigenvalue weighted by molar-refractivity contribution is 0.455. The van der Waals surface area contributed by atoms with Gasteiger partial charge in [-0.2, -0.15) is 0 Å². The highest BCUT2D eigenvalue weighted by molar-refractivity contribution is 5.85. The zero-order valence-corrected chi connectivity index (χ0v) is 7.82. The minimum atomic E-state index is 0.876. The van der Waals surface area contributed by atoms with Crippen LogP contribution in [0.25, 0.3) is 22.1 Å². The lowest BCUT2D eigenvalue weighted by Crippen LogP contribution is -1.66. The summed E-state index contributed by atoms with van der Waals surface area (Å²) in [6.07, 6.45) is 1.76. The summed E-state index contributed by atoms with van der Waals surface area (Å²) in [5.74, 6) is 0. The molecule has 0 amide bonds. The topological polar surface area (TPSA) is 26.0 Å². The normalized spacial score (nSPS) is 11.2. The summed E-state index contributed by atoms with van der Waals surface area (Å²) in [5.41, 5.74) is 4.47. The number of rotatable bonds is 0. The van der Waals surface area contributed by atoms with Gasteiger partial charge in [-0.1, -0.05) is 23.4 Å². The third-order valence-corrected chi connectivity index (χ3v) is 2.52. The van der Waals surface area contributed by atoms with Crippen LogP contribution >= 0.6 is 0 Å². The van der Waals surface area contributed by atoms with Gasteiger partial charge in [-0.05, 0) is 35.7 Å². The number of fused-ring (bicyclic) bond motifs is 2. The van der Waals surface area contributed by atoms with Gasteiger partial charge in [0.15, 0.2) is 5.58 Å². The van der Waals surface area contributed by atoms with Crippen LogP contribution in [-0.4, -0.2) is 5.16 Å². The highest BCUT2D eigenvalue weighted by atomic mass is 16.5. The van der Waals surface area contributed by atoms with Crippen LogP contribution in [-0.2, 0) is 0 Å². The lowest BCUT2D eigenvalue weighted by atomic mass is 10.2. The Labute approximate surface area is 81.5 Å². The molecular weight excluding hydrogens is 174 g/mol. The van der Waals surface area contributed by atoms with E-state index in [9.17, 15) is 0 Å². The third kappa shape index (κ3) is 0.940. The second-order valence-electron chi connectivity index (χ2n) is 3.52. The first-order chi connectivity index (χ1) is 6.84. The van der Waals surface area contributed by atoms with Gasteiger partial charge >= 0.3 is 0 Å². The molecule has 0 saturated carbocycles. The highest BCUT2D eigenvalue weighted by Gasteiger charge is 2.06. The maximum absolute atomic E-state index is 5.20. The Hall–Kier alpha value is -1.83. The Bertz CT molecular complexity index is 568. The molecule has 3 rings (SSSR count). The van der Waals surface area contributed by atoms with Crippen LogP contribution in [0.4, 0.5) is 0 Å². The predicted molar refractivity (Wildman–Crippen MR) is 55.4 cm³/mol. The molecule has 2 heteroatoms. The molecule has 1 heterocycles. The van der Waals surface area contributed by atoms with Crippen LogP contribution in [0.3, 0.4) is 0 Å². The highest BCUT2D eigenvalue weighted by Crippen LogP contribution is 2.28. The summed E-state index contributed by atoms with van der Waals surface area (Å²) >= 11 is 0. The standard InChI is InChI=1S/C12H9NO/c1-8-5-9-3-2-4-10(9)6-11-7-13-14-12(8)11/h2-7H,1H3. The van der Waals surface area contributed by atoms with Gasteiger partial charge in [0.25, 0.3) is 0 Å². The van der Waals surface area contributed by atoms with Crippen LogP contribution < -0.4 is 0 Å². The average Bonchev–Trinajstić information content (AvgIpc) is 2.75. The van der Waals surface area contributed by atoms with E-state index in [0.29, 0.717) is 0 Å². The molecule has 0 bridgehead atoms. The van der Waals surface area contributed by atoms with Crippen LogP contribution in [0.1, 0.15) is 5.56 Å². The quantitative estimate of drug-likeness (QED) is 0.534. The fourth-order valence-corrected chi connectivity index (χ4v) is 1.83. The summed E-state index contributed by atoms with van der Waals surface area (Å²) in [5, 5.41) is 4.87. The molecule has 0 radical (unpaired) electrons. The first-order valence-electron chi connectivity index (χ1n) is 4.58. The third-order valence-electron chi connectivity index (χ3n) is 2.52. The zero-order valence-electron chi connectivity index (χ0n) is 7.82. The maximum Gasteiger partial charge on any atom is 0.169 e. The van der Waals surface area contributed by atoms with Gasteiger partial charge in [-0.15, -0.1) is 0 Å². The number of hydrogen-bond donors (Lipinski definition) is 0. The smallest absolute Gasteiger partial charge is 0.169 e. The van der Waals surface area contributed by atoms with Crippen molar-refractivity contribution in [3.05, 3.63) is 42.1 Å². The van der Waals surface area contributed by atoms with E-state index >= 15 is 0 Å². The Morgan fingerprint density at radius 1 is 1.14 bits per heavy atom. The van der Waals surface area contributed by atoms with E-state index in [1.807, 2.05) is 6.92 Å². The Balaban J connectivity index is 2.54. The van der Waals surface area contributed by atoms with Gasteiger partial charge in [0.05, 0.1) is 6.20 Å². The fraction of sp³-hybridized carbons (Fsp3) is 0.0833. The monoisotopic (exact) mass is 183 g/mol. The molecule has 1 aromatic rings. The number of aromatic nitrogens is 1. The van der Waals surface area contributed by atoms with Crippen LogP contribution in [0, 0.1) is 6.92 Å². The minimum Gasteiger partial charge on any atom is -0.356 e. The van der Waals surface area contributed by atoms with Gasteiger partial charge in [0.1, 0.15) is 0 Å². The van der Waals surface area contributed by atoms with Crippen molar-refractivity contribution in [2.45, 2.75) is 6.92 Å². The summed E-state index contributed by atoms with van der Waals surface area (Å²) in [4.78, 5) is 0. The molecule has 0 unspecified atom stereocenters. The van der Waals surface area contributed by atoms with Gasteiger partial charge in [0, 0.05) is 5.39 Å². The van der Waals surface area contributed by atoms with Gasteiger partial charge in [-0.3, -0.25) is 0 Å². The molecule has 0 spiro atoms. The molecule has 0 saturated heterocycles. The van der Waals surface area contributed by atoms with Crippen LogP contribution in [0.2, 0.25) is 0 Å². The van der Waals surface area contributed by atoms with E-state index in [1.165, 1.54) is 11.1 Å². The second-order valence-corrected chi connectivity index (χ2v) is 3.52. The van der Waals surface area contributed by atoms with Crippen molar-refractivity contribution in [1.82, 2.24) is 5.16 Å². The summed E-state index contributed by atoms with van der Waals surface area (Å²) in [6, 6.07) is 10.5. The summed E-state index contributed by atoms with van der Waals surface area (Å²) in [6.45, 7) is 2.04. The summed E-state index contributed by atoms with van der Waals surface area (Å²) < 4.78 is 5.20. The number of aryl methyl sites for hydroxylation is 1. The first kappa shape index (κ1) is 7.56. The van der Waals surface area contributed by atoms with Crippen molar-refractivity contribution >= 4 is 11.0 Å². The van der Waals surface area contributed by atoms with Crippen molar-refractivity contribution in [2.24, 2.45) is 0 Å². The largest absolute Gasteiger partial charge is 0.356 e. The summed E-state index contributed by atoms with van der Waals surface area (Å²) in [7, 11) is 0. The predicted octanol–water partition coefficient (Wildman–Crippen LogP) is 3.24. The second kappa shape index (κ2) is 2.58. The maximum atomic E-state index is 5.20. The molecule has 0 N–H and O–H groups in total. The van der Waals surface area contributed by atoms with Crippen LogP contribution in [0.5, 0.6) is 0 Å². The van der Waals surface area contributed by atoms with Crippen LogP contribution in [0.15, 0.2) is 41.1 Å². The zero-order chi connectivity index (χ0) is 9.54. The SMILES string of the molecule is Cc1cc2cccc-2cc2cnoc12. The molecule has 0 fully saturated rings. The Kier molecular flexibility index (Phi) is 1.39. The number of hydrogen-bond acceptors (Lipinski definition) is 2. The molecule has 0 aromatic carbocycles. The lowest BCUT2D eigenvalue weighted by Gasteiger charge is -1.88. The van der Waals surface area contributed by atoms with Gasteiger partial charge in [-0.25, -0.2) is 0 Å². The Morgan fingerprint density at radius 3 is 2.79 bits per heavy atom. The van der Waals surface area contributed by atoms with Crippen molar-refractivity contribution in [3.8, 4) is 11.1 Å². The van der Waals surface area contributed by atoms with Crippen molar-refractivity contribution in [3.63, 3.8) is 0 Å². The van der Waals surface area contributed by atoms with E-state index in [-0.39, 0.29) is 0 Å². The van der Waals surface area contributed by atoms with E-state index in [4.69, 9.17) is 4.52 Å². The van der Waals surface area contributed by atoms with E-state index in [1.54, 1.807) is 6.20 Å². The molecule has 2 aliphatic carbocycles. The molecular formula is C12H9NO. The minimum absolute atomic E-state index is 0.876. The molecule has 2 aliphatic rings. The van der Waals surface area contributed by atoms with E-state index in [0.717, 1.165) is 16.5 Å².